The van der Waals surface area contributed by atoms with Crippen LogP contribution < -0.4 is 0 Å². The molecule has 0 aliphatic rings. The summed E-state index contributed by atoms with van der Waals surface area (Å²) in [7, 11) is 0. The molecule has 2 aromatic rings. The highest BCUT2D eigenvalue weighted by atomic mass is 19.3. The normalized spacial score (nSPS) is 10.8. The molecule has 2 aromatic heterocycles. The molecule has 0 unspecified atom stereocenters. The topological polar surface area (TPSA) is 81.8 Å². The highest BCUT2D eigenvalue weighted by molar-refractivity contribution is 5.82. The first-order valence-electron chi connectivity index (χ1n) is 4.57. The third kappa shape index (κ3) is 2.65. The van der Waals surface area contributed by atoms with E-state index in [1.807, 2.05) is 0 Å². The van der Waals surface area contributed by atoms with Gasteiger partial charge < -0.3 is 4.52 Å². The minimum Gasteiger partial charge on any atom is -0.338 e. The maximum Gasteiger partial charge on any atom is 0.296 e. The number of nitrogens with zero attached hydrogens (tertiary/aromatic N) is 4. The van der Waals surface area contributed by atoms with Crippen LogP contribution in [0.2, 0.25) is 0 Å². The van der Waals surface area contributed by atoms with Gasteiger partial charge in [0.25, 0.3) is 6.43 Å². The molecule has 2 rings (SSSR count). The van der Waals surface area contributed by atoms with Gasteiger partial charge in [-0.2, -0.15) is 4.98 Å². The van der Waals surface area contributed by atoms with E-state index in [0.29, 0.717) is 0 Å². The summed E-state index contributed by atoms with van der Waals surface area (Å²) in [5.74, 6) is -1.19. The number of carbonyl (C=O) groups excluding carboxylic acids is 1. The van der Waals surface area contributed by atoms with Gasteiger partial charge in [0.05, 0.1) is 6.42 Å². The highest BCUT2D eigenvalue weighted by Gasteiger charge is 2.20. The minimum absolute atomic E-state index is 0.0580. The van der Waals surface area contributed by atoms with E-state index in [1.165, 1.54) is 12.4 Å². The molecular formula is C9H6F2N4O2. The van der Waals surface area contributed by atoms with E-state index in [1.54, 1.807) is 6.07 Å². The SMILES string of the molecule is O=C(Cc1nc(-c2ncccn2)no1)C(F)F. The lowest BCUT2D eigenvalue weighted by atomic mass is 10.3. The van der Waals surface area contributed by atoms with Crippen molar-refractivity contribution in [2.75, 3.05) is 0 Å². The Morgan fingerprint density at radius 1 is 1.29 bits per heavy atom. The molecule has 6 nitrogen and oxygen atoms in total. The van der Waals surface area contributed by atoms with Crippen molar-refractivity contribution in [1.82, 2.24) is 20.1 Å². The maximum absolute atomic E-state index is 12.0. The van der Waals surface area contributed by atoms with Gasteiger partial charge in [0.2, 0.25) is 23.3 Å². The van der Waals surface area contributed by atoms with Gasteiger partial charge in [-0.1, -0.05) is 5.16 Å². The van der Waals surface area contributed by atoms with Crippen LogP contribution in [0.5, 0.6) is 0 Å². The number of hydrogen-bond acceptors (Lipinski definition) is 6. The van der Waals surface area contributed by atoms with Gasteiger partial charge in [0, 0.05) is 12.4 Å². The summed E-state index contributed by atoms with van der Waals surface area (Å²) in [4.78, 5) is 22.2. The number of Topliss-reactive ketones (excluding diaryl/α,β-unsaturated/α-hetero) is 1. The third-order valence-electron chi connectivity index (χ3n) is 1.80. The number of halogens is 2. The Balaban J connectivity index is 2.14. The fourth-order valence-corrected chi connectivity index (χ4v) is 1.06. The number of hydrogen-bond donors (Lipinski definition) is 0. The zero-order valence-corrected chi connectivity index (χ0v) is 8.38. The smallest absolute Gasteiger partial charge is 0.296 e. The fourth-order valence-electron chi connectivity index (χ4n) is 1.06. The van der Waals surface area contributed by atoms with Crippen LogP contribution >= 0.6 is 0 Å². The van der Waals surface area contributed by atoms with Crippen molar-refractivity contribution in [3.63, 3.8) is 0 Å². The van der Waals surface area contributed by atoms with Crippen LogP contribution in [-0.4, -0.2) is 32.3 Å². The molecule has 8 heteroatoms. The monoisotopic (exact) mass is 240 g/mol. The summed E-state index contributed by atoms with van der Waals surface area (Å²) < 4.78 is 28.6. The molecular weight excluding hydrogens is 234 g/mol. The summed E-state index contributed by atoms with van der Waals surface area (Å²) in [6.07, 6.45) is -0.693. The molecule has 88 valence electrons. The summed E-state index contributed by atoms with van der Waals surface area (Å²) in [5.41, 5.74) is 0. The number of alkyl halides is 2. The Labute approximate surface area is 93.7 Å². The Kier molecular flexibility index (Phi) is 3.12. The number of rotatable bonds is 4. The Bertz CT molecular complexity index is 515. The van der Waals surface area contributed by atoms with Crippen LogP contribution in [0.1, 0.15) is 5.89 Å². The zero-order chi connectivity index (χ0) is 12.3. The third-order valence-corrected chi connectivity index (χ3v) is 1.80. The lowest BCUT2D eigenvalue weighted by Gasteiger charge is -1.92. The molecule has 0 saturated carbocycles. The Morgan fingerprint density at radius 2 is 2.00 bits per heavy atom. The van der Waals surface area contributed by atoms with Gasteiger partial charge in [-0.05, 0) is 6.07 Å². The number of ketones is 1. The van der Waals surface area contributed by atoms with Crippen molar-refractivity contribution < 1.29 is 18.1 Å². The van der Waals surface area contributed by atoms with Gasteiger partial charge in [-0.15, -0.1) is 0 Å². The fraction of sp³-hybridized carbons (Fsp3) is 0.222. The first-order chi connectivity index (χ1) is 8.16. The predicted octanol–water partition coefficient (Wildman–Crippen LogP) is 0.903. The molecule has 17 heavy (non-hydrogen) atoms. The lowest BCUT2D eigenvalue weighted by Crippen LogP contribution is -2.12. The summed E-state index contributed by atoms with van der Waals surface area (Å²) in [6, 6.07) is 1.60. The van der Waals surface area contributed by atoms with Crippen molar-refractivity contribution in [2.24, 2.45) is 0 Å². The highest BCUT2D eigenvalue weighted by Crippen LogP contribution is 2.10. The molecule has 0 atom stereocenters. The summed E-state index contributed by atoms with van der Waals surface area (Å²) in [5, 5.41) is 3.49. The number of aromatic nitrogens is 4. The largest absolute Gasteiger partial charge is 0.338 e. The van der Waals surface area contributed by atoms with Crippen molar-refractivity contribution in [2.45, 2.75) is 12.8 Å². The van der Waals surface area contributed by atoms with E-state index >= 15 is 0 Å². The Morgan fingerprint density at radius 3 is 2.65 bits per heavy atom. The first-order valence-corrected chi connectivity index (χ1v) is 4.57. The van der Waals surface area contributed by atoms with Crippen molar-refractivity contribution in [1.29, 1.82) is 0 Å². The zero-order valence-electron chi connectivity index (χ0n) is 8.38. The minimum atomic E-state index is -3.04. The van der Waals surface area contributed by atoms with Gasteiger partial charge in [-0.3, -0.25) is 4.79 Å². The van der Waals surface area contributed by atoms with E-state index in [9.17, 15) is 13.6 Å². The van der Waals surface area contributed by atoms with Crippen LogP contribution in [0.15, 0.2) is 23.0 Å². The molecule has 0 fully saturated rings. The van der Waals surface area contributed by atoms with E-state index in [4.69, 9.17) is 0 Å². The summed E-state index contributed by atoms with van der Waals surface area (Å²) >= 11 is 0. The Hall–Kier alpha value is -2.25. The predicted molar refractivity (Wildman–Crippen MR) is 50.0 cm³/mol. The van der Waals surface area contributed by atoms with Crippen LogP contribution in [0, 0.1) is 0 Å². The first kappa shape index (κ1) is 11.2. The second-order valence-corrected chi connectivity index (χ2v) is 3.03. The van der Waals surface area contributed by atoms with Gasteiger partial charge in [0.15, 0.2) is 0 Å². The van der Waals surface area contributed by atoms with E-state index in [2.05, 4.69) is 24.6 Å². The molecule has 0 amide bonds. The quantitative estimate of drug-likeness (QED) is 0.789. The second kappa shape index (κ2) is 4.73. The van der Waals surface area contributed by atoms with Gasteiger partial charge >= 0.3 is 0 Å². The molecule has 0 bridgehead atoms. The molecule has 0 spiro atoms. The summed E-state index contributed by atoms with van der Waals surface area (Å²) in [6.45, 7) is 0. The van der Waals surface area contributed by atoms with Crippen molar-refractivity contribution in [3.05, 3.63) is 24.4 Å². The van der Waals surface area contributed by atoms with Gasteiger partial charge in [-0.25, -0.2) is 18.7 Å². The van der Waals surface area contributed by atoms with Crippen LogP contribution in [0.3, 0.4) is 0 Å². The molecule has 0 aliphatic heterocycles. The van der Waals surface area contributed by atoms with Gasteiger partial charge in [0.1, 0.15) is 0 Å². The van der Waals surface area contributed by atoms with E-state index in [-0.39, 0.29) is 17.5 Å². The molecule has 0 aliphatic carbocycles. The van der Waals surface area contributed by atoms with Crippen LogP contribution in [0.25, 0.3) is 11.6 Å². The van der Waals surface area contributed by atoms with E-state index < -0.39 is 18.6 Å². The van der Waals surface area contributed by atoms with Crippen LogP contribution in [0.4, 0.5) is 8.78 Å². The van der Waals surface area contributed by atoms with Crippen molar-refractivity contribution in [3.8, 4) is 11.6 Å². The molecule has 0 radical (unpaired) electrons. The van der Waals surface area contributed by atoms with Crippen LogP contribution in [-0.2, 0) is 11.2 Å². The standard InChI is InChI=1S/C9H6F2N4O2/c10-7(11)5(16)4-6-14-9(15-17-6)8-12-2-1-3-13-8/h1-3,7H,4H2. The molecule has 0 aromatic carbocycles. The molecule has 0 saturated heterocycles. The molecule has 2 heterocycles. The average molecular weight is 240 g/mol. The van der Waals surface area contributed by atoms with Crippen molar-refractivity contribution >= 4 is 5.78 Å². The average Bonchev–Trinajstić information content (AvgIpc) is 2.78. The molecule has 0 N–H and O–H groups in total. The lowest BCUT2D eigenvalue weighted by molar-refractivity contribution is -0.129. The van der Waals surface area contributed by atoms with E-state index in [0.717, 1.165) is 0 Å². The number of carbonyl (C=O) groups is 1. The second-order valence-electron chi connectivity index (χ2n) is 3.03. The maximum atomic E-state index is 12.0.